The molecule has 0 aromatic heterocycles. The molecule has 0 unspecified atom stereocenters. The van der Waals surface area contributed by atoms with E-state index in [1.54, 1.807) is 0 Å². The van der Waals surface area contributed by atoms with Crippen molar-refractivity contribution in [3.05, 3.63) is 0 Å². The van der Waals surface area contributed by atoms with E-state index in [0.717, 1.165) is 19.3 Å². The van der Waals surface area contributed by atoms with Crippen LogP contribution in [-0.4, -0.2) is 23.8 Å². The topological polar surface area (TPSA) is 46.5 Å². The molecule has 2 aliphatic carbocycles. The van der Waals surface area contributed by atoms with E-state index in [-0.39, 0.29) is 17.5 Å². The summed E-state index contributed by atoms with van der Waals surface area (Å²) in [6, 6.07) is 0. The Balaban J connectivity index is 1.80. The SMILES string of the molecule is CC(=O)OC[C@H]1C[C@H](O)C12CC2. The molecular formula is C9H14O3. The number of ether oxygens (including phenoxy) is 1. The van der Waals surface area contributed by atoms with Crippen LogP contribution in [0.25, 0.3) is 0 Å². The lowest BCUT2D eigenvalue weighted by molar-refractivity contribution is -0.149. The first-order chi connectivity index (χ1) is 5.65. The zero-order valence-electron chi connectivity index (χ0n) is 7.25. The van der Waals surface area contributed by atoms with Crippen LogP contribution in [0.4, 0.5) is 0 Å². The van der Waals surface area contributed by atoms with E-state index < -0.39 is 0 Å². The monoisotopic (exact) mass is 170 g/mol. The molecule has 0 saturated heterocycles. The minimum atomic E-state index is -0.216. The number of esters is 1. The van der Waals surface area contributed by atoms with Crippen LogP contribution in [0.5, 0.6) is 0 Å². The predicted octanol–water partition coefficient (Wildman–Crippen LogP) is 0.711. The molecule has 0 bridgehead atoms. The number of carbonyl (C=O) groups excluding carboxylic acids is 1. The van der Waals surface area contributed by atoms with Gasteiger partial charge in [-0.15, -0.1) is 0 Å². The third kappa shape index (κ3) is 1.04. The summed E-state index contributed by atoms with van der Waals surface area (Å²) in [5.74, 6) is 0.212. The van der Waals surface area contributed by atoms with Gasteiger partial charge in [0.25, 0.3) is 0 Å². The summed E-state index contributed by atoms with van der Waals surface area (Å²) in [6.45, 7) is 1.93. The van der Waals surface area contributed by atoms with Gasteiger partial charge in [-0.3, -0.25) is 4.79 Å². The Hall–Kier alpha value is -0.570. The molecule has 2 aliphatic rings. The highest BCUT2D eigenvalue weighted by molar-refractivity contribution is 5.65. The van der Waals surface area contributed by atoms with Crippen LogP contribution in [0.3, 0.4) is 0 Å². The average Bonchev–Trinajstić information content (AvgIpc) is 2.77. The zero-order valence-corrected chi connectivity index (χ0v) is 7.25. The smallest absolute Gasteiger partial charge is 0.302 e. The van der Waals surface area contributed by atoms with Gasteiger partial charge < -0.3 is 9.84 Å². The second kappa shape index (κ2) is 2.46. The Labute approximate surface area is 71.7 Å². The summed E-state index contributed by atoms with van der Waals surface area (Å²) in [4.78, 5) is 10.5. The van der Waals surface area contributed by atoms with Crippen LogP contribution in [0.15, 0.2) is 0 Å². The molecule has 0 aromatic rings. The lowest BCUT2D eigenvalue weighted by Crippen LogP contribution is -2.45. The normalized spacial score (nSPS) is 35.8. The minimum absolute atomic E-state index is 0.127. The van der Waals surface area contributed by atoms with Crippen molar-refractivity contribution in [1.82, 2.24) is 0 Å². The van der Waals surface area contributed by atoms with E-state index >= 15 is 0 Å². The van der Waals surface area contributed by atoms with Gasteiger partial charge in [0.1, 0.15) is 0 Å². The Kier molecular flexibility index (Phi) is 1.65. The Morgan fingerprint density at radius 3 is 2.75 bits per heavy atom. The summed E-state index contributed by atoms with van der Waals surface area (Å²) >= 11 is 0. The fraction of sp³-hybridized carbons (Fsp3) is 0.889. The van der Waals surface area contributed by atoms with Crippen molar-refractivity contribution >= 4 is 5.97 Å². The standard InChI is InChI=1S/C9H14O3/c1-6(10)12-5-7-4-8(11)9(7)2-3-9/h7-8,11H,2-5H2,1H3/t7-,8+/m1/s1. The van der Waals surface area contributed by atoms with Gasteiger partial charge in [0.05, 0.1) is 12.7 Å². The van der Waals surface area contributed by atoms with Crippen LogP contribution in [-0.2, 0) is 9.53 Å². The second-order valence-corrected chi connectivity index (χ2v) is 3.98. The van der Waals surface area contributed by atoms with Gasteiger partial charge >= 0.3 is 5.97 Å². The first kappa shape index (κ1) is 8.05. The number of hydrogen-bond acceptors (Lipinski definition) is 3. The van der Waals surface area contributed by atoms with Gasteiger partial charge in [0.15, 0.2) is 0 Å². The predicted molar refractivity (Wildman–Crippen MR) is 42.4 cm³/mol. The largest absolute Gasteiger partial charge is 0.466 e. The fourth-order valence-corrected chi connectivity index (χ4v) is 2.19. The third-order valence-electron chi connectivity index (χ3n) is 3.30. The van der Waals surface area contributed by atoms with Gasteiger partial charge in [-0.2, -0.15) is 0 Å². The van der Waals surface area contributed by atoms with Gasteiger partial charge in [-0.25, -0.2) is 0 Å². The second-order valence-electron chi connectivity index (χ2n) is 3.98. The van der Waals surface area contributed by atoms with Gasteiger partial charge in [0, 0.05) is 18.3 Å². The average molecular weight is 170 g/mol. The Morgan fingerprint density at radius 1 is 1.67 bits per heavy atom. The quantitative estimate of drug-likeness (QED) is 0.621. The molecule has 0 aliphatic heterocycles. The maximum Gasteiger partial charge on any atom is 0.302 e. The van der Waals surface area contributed by atoms with E-state index in [2.05, 4.69) is 0 Å². The maximum atomic E-state index is 10.5. The van der Waals surface area contributed by atoms with Crippen molar-refractivity contribution in [2.24, 2.45) is 11.3 Å². The molecule has 2 saturated carbocycles. The lowest BCUT2D eigenvalue weighted by Gasteiger charge is -2.42. The minimum Gasteiger partial charge on any atom is -0.466 e. The lowest BCUT2D eigenvalue weighted by atomic mass is 9.68. The van der Waals surface area contributed by atoms with Crippen LogP contribution >= 0.6 is 0 Å². The number of hydrogen-bond donors (Lipinski definition) is 1. The van der Waals surface area contributed by atoms with Crippen molar-refractivity contribution < 1.29 is 14.6 Å². The fourth-order valence-electron chi connectivity index (χ4n) is 2.19. The highest BCUT2D eigenvalue weighted by atomic mass is 16.5. The van der Waals surface area contributed by atoms with E-state index in [0.29, 0.717) is 12.5 Å². The van der Waals surface area contributed by atoms with Crippen LogP contribution in [0.1, 0.15) is 26.2 Å². The molecule has 1 spiro atoms. The summed E-state index contributed by atoms with van der Waals surface area (Å²) < 4.78 is 4.92. The van der Waals surface area contributed by atoms with Crippen molar-refractivity contribution in [3.63, 3.8) is 0 Å². The molecule has 0 radical (unpaired) electrons. The van der Waals surface area contributed by atoms with E-state index in [4.69, 9.17) is 4.74 Å². The van der Waals surface area contributed by atoms with Gasteiger partial charge in [-0.05, 0) is 19.3 Å². The molecule has 3 heteroatoms. The first-order valence-corrected chi connectivity index (χ1v) is 4.46. The molecule has 3 nitrogen and oxygen atoms in total. The molecule has 68 valence electrons. The number of aliphatic hydroxyl groups is 1. The Morgan fingerprint density at radius 2 is 2.33 bits per heavy atom. The van der Waals surface area contributed by atoms with Gasteiger partial charge in [0.2, 0.25) is 0 Å². The van der Waals surface area contributed by atoms with Crippen molar-refractivity contribution in [2.45, 2.75) is 32.3 Å². The summed E-state index contributed by atoms with van der Waals surface area (Å²) in [5.41, 5.74) is 0.162. The van der Waals surface area contributed by atoms with Crippen molar-refractivity contribution in [3.8, 4) is 0 Å². The maximum absolute atomic E-state index is 10.5. The van der Waals surface area contributed by atoms with Gasteiger partial charge in [-0.1, -0.05) is 0 Å². The first-order valence-electron chi connectivity index (χ1n) is 4.46. The van der Waals surface area contributed by atoms with Crippen LogP contribution in [0.2, 0.25) is 0 Å². The molecule has 2 fully saturated rings. The number of rotatable bonds is 2. The van der Waals surface area contributed by atoms with Crippen molar-refractivity contribution in [1.29, 1.82) is 0 Å². The summed E-state index contributed by atoms with van der Waals surface area (Å²) in [5, 5.41) is 9.43. The van der Waals surface area contributed by atoms with Crippen molar-refractivity contribution in [2.75, 3.05) is 6.61 Å². The van der Waals surface area contributed by atoms with E-state index in [1.807, 2.05) is 0 Å². The third-order valence-corrected chi connectivity index (χ3v) is 3.30. The molecular weight excluding hydrogens is 156 g/mol. The molecule has 2 rings (SSSR count). The molecule has 0 amide bonds. The van der Waals surface area contributed by atoms with E-state index in [1.165, 1.54) is 6.92 Å². The summed E-state index contributed by atoms with van der Waals surface area (Å²) in [7, 11) is 0. The molecule has 0 heterocycles. The number of carbonyl (C=O) groups is 1. The highest BCUT2D eigenvalue weighted by Gasteiger charge is 2.62. The van der Waals surface area contributed by atoms with Crippen LogP contribution in [0, 0.1) is 11.3 Å². The molecule has 12 heavy (non-hydrogen) atoms. The molecule has 2 atom stereocenters. The zero-order chi connectivity index (χ0) is 8.77. The number of aliphatic hydroxyl groups excluding tert-OH is 1. The highest BCUT2D eigenvalue weighted by Crippen LogP contribution is 2.64. The molecule has 1 N–H and O–H groups in total. The Bertz CT molecular complexity index is 208. The summed E-state index contributed by atoms with van der Waals surface area (Å²) in [6.07, 6.45) is 2.91. The molecule has 0 aromatic carbocycles. The van der Waals surface area contributed by atoms with E-state index in [9.17, 15) is 9.90 Å². The van der Waals surface area contributed by atoms with Crippen LogP contribution < -0.4 is 0 Å².